The standard InChI is InChI=1S/C8H7BrFI/c1-5-7(9)3-2-6(4-11)8(5)10/h2-3H,4H2,1H3. The normalized spacial score (nSPS) is 10.2. The SMILES string of the molecule is Cc1c(Br)ccc(CI)c1F. The van der Waals surface area contributed by atoms with E-state index in [4.69, 9.17) is 0 Å². The van der Waals surface area contributed by atoms with Crippen molar-refractivity contribution in [1.29, 1.82) is 0 Å². The van der Waals surface area contributed by atoms with Gasteiger partial charge in [-0.3, -0.25) is 0 Å². The second kappa shape index (κ2) is 3.85. The Morgan fingerprint density at radius 2 is 2.18 bits per heavy atom. The molecule has 0 saturated carbocycles. The van der Waals surface area contributed by atoms with Gasteiger partial charge < -0.3 is 0 Å². The Bertz CT molecular complexity index is 273. The number of rotatable bonds is 1. The van der Waals surface area contributed by atoms with Gasteiger partial charge in [0, 0.05) is 8.90 Å². The van der Waals surface area contributed by atoms with Gasteiger partial charge in [-0.05, 0) is 24.1 Å². The molecule has 0 aromatic heterocycles. The van der Waals surface area contributed by atoms with Crippen LogP contribution in [0.4, 0.5) is 4.39 Å². The van der Waals surface area contributed by atoms with Crippen molar-refractivity contribution in [2.24, 2.45) is 0 Å². The lowest BCUT2D eigenvalue weighted by Gasteiger charge is -2.03. The molecular weight excluding hydrogens is 322 g/mol. The van der Waals surface area contributed by atoms with E-state index in [0.717, 1.165) is 14.5 Å². The van der Waals surface area contributed by atoms with Gasteiger partial charge in [0.1, 0.15) is 5.82 Å². The summed E-state index contributed by atoms with van der Waals surface area (Å²) in [5.74, 6) is -0.0891. The first-order chi connectivity index (χ1) is 5.16. The molecule has 0 atom stereocenters. The topological polar surface area (TPSA) is 0 Å². The Kier molecular flexibility index (Phi) is 3.30. The van der Waals surface area contributed by atoms with E-state index in [1.807, 2.05) is 6.07 Å². The van der Waals surface area contributed by atoms with Crippen molar-refractivity contribution in [3.8, 4) is 0 Å². The van der Waals surface area contributed by atoms with Gasteiger partial charge in [0.2, 0.25) is 0 Å². The monoisotopic (exact) mass is 328 g/mol. The van der Waals surface area contributed by atoms with Crippen LogP contribution in [0.15, 0.2) is 16.6 Å². The van der Waals surface area contributed by atoms with Gasteiger partial charge >= 0.3 is 0 Å². The summed E-state index contributed by atoms with van der Waals surface area (Å²) in [5, 5.41) is 0. The van der Waals surface area contributed by atoms with E-state index in [2.05, 4.69) is 38.5 Å². The number of hydrogen-bond acceptors (Lipinski definition) is 0. The van der Waals surface area contributed by atoms with E-state index in [0.29, 0.717) is 5.56 Å². The molecule has 60 valence electrons. The lowest BCUT2D eigenvalue weighted by molar-refractivity contribution is 0.607. The fraction of sp³-hybridized carbons (Fsp3) is 0.250. The van der Waals surface area contributed by atoms with E-state index < -0.39 is 0 Å². The molecule has 0 heterocycles. The Balaban J connectivity index is 3.25. The summed E-state index contributed by atoms with van der Waals surface area (Å²) in [6.45, 7) is 1.77. The van der Waals surface area contributed by atoms with Crippen molar-refractivity contribution in [2.75, 3.05) is 0 Å². The molecule has 0 unspecified atom stereocenters. The van der Waals surface area contributed by atoms with Crippen molar-refractivity contribution in [3.63, 3.8) is 0 Å². The first-order valence-corrected chi connectivity index (χ1v) is 5.48. The van der Waals surface area contributed by atoms with Gasteiger partial charge in [0.25, 0.3) is 0 Å². The summed E-state index contributed by atoms with van der Waals surface area (Å²) < 4.78 is 14.8. The third-order valence-electron chi connectivity index (χ3n) is 1.54. The van der Waals surface area contributed by atoms with Crippen LogP contribution in [0.5, 0.6) is 0 Å². The second-order valence-electron chi connectivity index (χ2n) is 2.28. The second-order valence-corrected chi connectivity index (χ2v) is 3.90. The highest BCUT2D eigenvalue weighted by Gasteiger charge is 2.05. The molecule has 1 rings (SSSR count). The molecule has 0 amide bonds. The minimum absolute atomic E-state index is 0.0891. The molecule has 0 nitrogen and oxygen atoms in total. The number of hydrogen-bond donors (Lipinski definition) is 0. The number of alkyl halides is 1. The fourth-order valence-electron chi connectivity index (χ4n) is 0.821. The lowest BCUT2D eigenvalue weighted by Crippen LogP contribution is -1.90. The average Bonchev–Trinajstić information content (AvgIpc) is 2.01. The maximum Gasteiger partial charge on any atom is 0.131 e. The van der Waals surface area contributed by atoms with Gasteiger partial charge in [-0.1, -0.05) is 44.6 Å². The lowest BCUT2D eigenvalue weighted by atomic mass is 10.1. The molecule has 1 aromatic carbocycles. The molecule has 1 aromatic rings. The first kappa shape index (κ1) is 9.45. The molecule has 0 fully saturated rings. The van der Waals surface area contributed by atoms with E-state index in [1.54, 1.807) is 13.0 Å². The molecule has 0 aliphatic heterocycles. The van der Waals surface area contributed by atoms with Crippen molar-refractivity contribution in [3.05, 3.63) is 33.5 Å². The summed E-state index contributed by atoms with van der Waals surface area (Å²) >= 11 is 5.42. The first-order valence-electron chi connectivity index (χ1n) is 3.16. The molecule has 0 bridgehead atoms. The van der Waals surface area contributed by atoms with Crippen LogP contribution in [-0.2, 0) is 4.43 Å². The minimum Gasteiger partial charge on any atom is -0.206 e. The predicted octanol–water partition coefficient (Wildman–Crippen LogP) is 3.83. The Hall–Kier alpha value is 0.360. The molecule has 0 saturated heterocycles. The third kappa shape index (κ3) is 1.93. The van der Waals surface area contributed by atoms with Crippen molar-refractivity contribution in [2.45, 2.75) is 11.4 Å². The summed E-state index contributed by atoms with van der Waals surface area (Å²) in [5.41, 5.74) is 1.46. The molecule has 0 N–H and O–H groups in total. The highest BCUT2D eigenvalue weighted by atomic mass is 127. The van der Waals surface area contributed by atoms with Crippen LogP contribution in [0.2, 0.25) is 0 Å². The minimum atomic E-state index is -0.0891. The molecule has 11 heavy (non-hydrogen) atoms. The van der Waals surface area contributed by atoms with Gasteiger partial charge in [0.15, 0.2) is 0 Å². The molecular formula is C8H7BrFI. The Morgan fingerprint density at radius 3 is 2.73 bits per heavy atom. The molecule has 0 spiro atoms. The third-order valence-corrected chi connectivity index (χ3v) is 3.23. The quantitative estimate of drug-likeness (QED) is 0.543. The smallest absolute Gasteiger partial charge is 0.131 e. The highest BCUT2D eigenvalue weighted by Crippen LogP contribution is 2.22. The molecule has 3 heteroatoms. The summed E-state index contributed by atoms with van der Waals surface area (Å²) in [7, 11) is 0. The summed E-state index contributed by atoms with van der Waals surface area (Å²) in [4.78, 5) is 0. The van der Waals surface area contributed by atoms with Crippen LogP contribution in [0.25, 0.3) is 0 Å². The van der Waals surface area contributed by atoms with Crippen LogP contribution >= 0.6 is 38.5 Å². The van der Waals surface area contributed by atoms with E-state index in [9.17, 15) is 4.39 Å². The van der Waals surface area contributed by atoms with Crippen LogP contribution in [0, 0.1) is 12.7 Å². The van der Waals surface area contributed by atoms with Gasteiger partial charge in [0.05, 0.1) is 0 Å². The summed E-state index contributed by atoms with van der Waals surface area (Å²) in [6, 6.07) is 3.69. The zero-order valence-electron chi connectivity index (χ0n) is 6.00. The fourth-order valence-corrected chi connectivity index (χ4v) is 1.72. The van der Waals surface area contributed by atoms with Crippen LogP contribution < -0.4 is 0 Å². The average molecular weight is 329 g/mol. The number of benzene rings is 1. The largest absolute Gasteiger partial charge is 0.206 e. The van der Waals surface area contributed by atoms with Crippen LogP contribution in [-0.4, -0.2) is 0 Å². The molecule has 0 aliphatic rings. The number of halogens is 3. The highest BCUT2D eigenvalue weighted by molar-refractivity contribution is 14.1. The van der Waals surface area contributed by atoms with E-state index >= 15 is 0 Å². The zero-order chi connectivity index (χ0) is 8.43. The zero-order valence-corrected chi connectivity index (χ0v) is 9.74. The van der Waals surface area contributed by atoms with Gasteiger partial charge in [-0.2, -0.15) is 0 Å². The molecule has 0 aliphatic carbocycles. The van der Waals surface area contributed by atoms with E-state index in [-0.39, 0.29) is 5.82 Å². The van der Waals surface area contributed by atoms with Crippen LogP contribution in [0.1, 0.15) is 11.1 Å². The Morgan fingerprint density at radius 1 is 1.55 bits per heavy atom. The predicted molar refractivity (Wildman–Crippen MR) is 56.6 cm³/mol. The van der Waals surface area contributed by atoms with E-state index in [1.165, 1.54) is 0 Å². The van der Waals surface area contributed by atoms with Crippen molar-refractivity contribution < 1.29 is 4.39 Å². The summed E-state index contributed by atoms with van der Waals surface area (Å²) in [6.07, 6.45) is 0. The van der Waals surface area contributed by atoms with Crippen LogP contribution in [0.3, 0.4) is 0 Å². The van der Waals surface area contributed by atoms with Gasteiger partial charge in [-0.15, -0.1) is 0 Å². The molecule has 0 radical (unpaired) electrons. The Labute approximate surface area is 87.5 Å². The van der Waals surface area contributed by atoms with Crippen molar-refractivity contribution in [1.82, 2.24) is 0 Å². The maximum absolute atomic E-state index is 13.2. The van der Waals surface area contributed by atoms with Gasteiger partial charge in [-0.25, -0.2) is 4.39 Å². The maximum atomic E-state index is 13.2. The van der Waals surface area contributed by atoms with Crippen molar-refractivity contribution >= 4 is 38.5 Å².